The van der Waals surface area contributed by atoms with Gasteiger partial charge in [0, 0.05) is 36.6 Å². The first-order chi connectivity index (χ1) is 11.6. The molecular formula is C19H25BrN2O2. The van der Waals surface area contributed by atoms with Crippen LogP contribution in [-0.4, -0.2) is 36.3 Å². The second-order valence-electron chi connectivity index (χ2n) is 6.13. The number of carbonyl (C=O) groups is 2. The molecule has 24 heavy (non-hydrogen) atoms. The summed E-state index contributed by atoms with van der Waals surface area (Å²) in [6, 6.07) is 7.23. The number of allylic oxidation sites excluding steroid dienone is 1. The summed E-state index contributed by atoms with van der Waals surface area (Å²) in [5, 5.41) is 2.88. The molecule has 1 aromatic rings. The van der Waals surface area contributed by atoms with E-state index in [-0.39, 0.29) is 11.8 Å². The van der Waals surface area contributed by atoms with Gasteiger partial charge in [-0.3, -0.25) is 9.59 Å². The van der Waals surface area contributed by atoms with Crippen molar-refractivity contribution in [2.75, 3.05) is 19.6 Å². The molecule has 1 aliphatic carbocycles. The number of hydrogen-bond acceptors (Lipinski definition) is 2. The Hall–Kier alpha value is -1.62. The molecule has 5 heteroatoms. The van der Waals surface area contributed by atoms with Gasteiger partial charge in [0.2, 0.25) is 5.91 Å². The average molecular weight is 393 g/mol. The van der Waals surface area contributed by atoms with E-state index in [1.165, 1.54) is 24.8 Å². The van der Waals surface area contributed by atoms with Gasteiger partial charge < -0.3 is 10.2 Å². The van der Waals surface area contributed by atoms with Crippen LogP contribution in [0.3, 0.4) is 0 Å². The Morgan fingerprint density at radius 3 is 2.54 bits per heavy atom. The Morgan fingerprint density at radius 2 is 1.92 bits per heavy atom. The Labute approximate surface area is 152 Å². The third-order valence-electron chi connectivity index (χ3n) is 4.31. The van der Waals surface area contributed by atoms with Crippen LogP contribution in [0, 0.1) is 0 Å². The summed E-state index contributed by atoms with van der Waals surface area (Å²) in [5.74, 6) is -0.0507. The molecule has 0 aromatic heterocycles. The lowest BCUT2D eigenvalue weighted by molar-refractivity contribution is -0.128. The summed E-state index contributed by atoms with van der Waals surface area (Å²) in [5.41, 5.74) is 2.09. The molecule has 0 spiro atoms. The summed E-state index contributed by atoms with van der Waals surface area (Å²) in [6.07, 6.45) is 8.12. The molecule has 0 bridgehead atoms. The lowest BCUT2D eigenvalue weighted by Gasteiger charge is -2.23. The monoisotopic (exact) mass is 392 g/mol. The van der Waals surface area contributed by atoms with Gasteiger partial charge in [0.1, 0.15) is 0 Å². The number of nitrogens with zero attached hydrogens (tertiary/aromatic N) is 1. The topological polar surface area (TPSA) is 49.4 Å². The van der Waals surface area contributed by atoms with Crippen LogP contribution in [0.4, 0.5) is 0 Å². The number of halogens is 1. The molecule has 0 atom stereocenters. The third-order valence-corrected chi connectivity index (χ3v) is 4.84. The van der Waals surface area contributed by atoms with Crippen molar-refractivity contribution in [3.63, 3.8) is 0 Å². The number of nitrogens with one attached hydrogen (secondary N) is 1. The fourth-order valence-electron chi connectivity index (χ4n) is 2.84. The lowest BCUT2D eigenvalue weighted by atomic mass is 9.97. The molecule has 1 N–H and O–H groups in total. The average Bonchev–Trinajstić information content (AvgIpc) is 2.59. The molecule has 4 nitrogen and oxygen atoms in total. The molecule has 130 valence electrons. The van der Waals surface area contributed by atoms with E-state index in [4.69, 9.17) is 0 Å². The van der Waals surface area contributed by atoms with Crippen molar-refractivity contribution < 1.29 is 9.59 Å². The molecule has 2 rings (SSSR count). The summed E-state index contributed by atoms with van der Waals surface area (Å²) in [7, 11) is 0. The van der Waals surface area contributed by atoms with Crippen molar-refractivity contribution >= 4 is 27.7 Å². The van der Waals surface area contributed by atoms with Crippen LogP contribution >= 0.6 is 15.9 Å². The van der Waals surface area contributed by atoms with Gasteiger partial charge in [-0.15, -0.1) is 0 Å². The van der Waals surface area contributed by atoms with Gasteiger partial charge in [0.25, 0.3) is 5.91 Å². The highest BCUT2D eigenvalue weighted by Crippen LogP contribution is 2.20. The summed E-state index contributed by atoms with van der Waals surface area (Å²) < 4.78 is 0.943. The number of benzene rings is 1. The summed E-state index contributed by atoms with van der Waals surface area (Å²) in [6.45, 7) is 3.33. The van der Waals surface area contributed by atoms with Crippen LogP contribution in [0.15, 0.2) is 40.4 Å². The van der Waals surface area contributed by atoms with E-state index < -0.39 is 0 Å². The van der Waals surface area contributed by atoms with Crippen molar-refractivity contribution in [1.29, 1.82) is 0 Å². The number of hydrogen-bond donors (Lipinski definition) is 1. The van der Waals surface area contributed by atoms with Gasteiger partial charge in [0.05, 0.1) is 0 Å². The zero-order valence-electron chi connectivity index (χ0n) is 14.2. The van der Waals surface area contributed by atoms with Gasteiger partial charge >= 0.3 is 0 Å². The maximum Gasteiger partial charge on any atom is 0.251 e. The van der Waals surface area contributed by atoms with Crippen molar-refractivity contribution in [1.82, 2.24) is 10.2 Å². The lowest BCUT2D eigenvalue weighted by Crippen LogP contribution is -2.38. The molecular weight excluding hydrogens is 368 g/mol. The van der Waals surface area contributed by atoms with Crippen molar-refractivity contribution in [2.45, 2.75) is 39.0 Å². The standard InChI is InChI=1S/C19H25BrN2O2/c1-15(23)22(13-11-16-5-3-2-4-6-16)14-12-21-19(24)17-7-9-18(20)10-8-17/h5,7-10H,2-4,6,11-14H2,1H3,(H,21,24). The molecule has 0 fully saturated rings. The highest BCUT2D eigenvalue weighted by atomic mass is 79.9. The minimum absolute atomic E-state index is 0.0595. The normalized spacial score (nSPS) is 14.0. The minimum Gasteiger partial charge on any atom is -0.350 e. The number of carbonyl (C=O) groups excluding carboxylic acids is 2. The molecule has 2 amide bonds. The van der Waals surface area contributed by atoms with E-state index in [1.54, 1.807) is 19.1 Å². The van der Waals surface area contributed by atoms with E-state index in [0.717, 1.165) is 23.9 Å². The maximum absolute atomic E-state index is 12.1. The molecule has 0 radical (unpaired) electrons. The van der Waals surface area contributed by atoms with Crippen LogP contribution < -0.4 is 5.32 Å². The van der Waals surface area contributed by atoms with Gasteiger partial charge in [-0.25, -0.2) is 0 Å². The molecule has 0 saturated carbocycles. The highest BCUT2D eigenvalue weighted by Gasteiger charge is 2.12. The van der Waals surface area contributed by atoms with Crippen LogP contribution in [-0.2, 0) is 4.79 Å². The van der Waals surface area contributed by atoms with Gasteiger partial charge in [-0.05, 0) is 56.4 Å². The van der Waals surface area contributed by atoms with Crippen LogP contribution in [0.5, 0.6) is 0 Å². The smallest absolute Gasteiger partial charge is 0.251 e. The van der Waals surface area contributed by atoms with E-state index in [9.17, 15) is 9.59 Å². The fourth-order valence-corrected chi connectivity index (χ4v) is 3.11. The first kappa shape index (κ1) is 18.7. The second kappa shape index (κ2) is 9.62. The SMILES string of the molecule is CC(=O)N(CCNC(=O)c1ccc(Br)cc1)CCC1=CCCCC1. The van der Waals surface area contributed by atoms with Crippen LogP contribution in [0.1, 0.15) is 49.4 Å². The van der Waals surface area contributed by atoms with E-state index in [1.807, 2.05) is 17.0 Å². The Balaban J connectivity index is 1.76. The van der Waals surface area contributed by atoms with Gasteiger partial charge in [-0.1, -0.05) is 27.6 Å². The zero-order valence-corrected chi connectivity index (χ0v) is 15.8. The fraction of sp³-hybridized carbons (Fsp3) is 0.474. The predicted octanol–water partition coefficient (Wildman–Crippen LogP) is 3.92. The Kier molecular flexibility index (Phi) is 7.50. The molecule has 1 aromatic carbocycles. The van der Waals surface area contributed by atoms with Gasteiger partial charge in [0.15, 0.2) is 0 Å². The third kappa shape index (κ3) is 6.11. The maximum atomic E-state index is 12.1. The van der Waals surface area contributed by atoms with Crippen molar-refractivity contribution in [3.8, 4) is 0 Å². The first-order valence-corrected chi connectivity index (χ1v) is 9.33. The molecule has 1 aliphatic rings. The van der Waals surface area contributed by atoms with E-state index in [2.05, 4.69) is 27.3 Å². The molecule has 0 unspecified atom stereocenters. The zero-order chi connectivity index (χ0) is 17.4. The Morgan fingerprint density at radius 1 is 1.17 bits per heavy atom. The summed E-state index contributed by atoms with van der Waals surface area (Å²) in [4.78, 5) is 25.7. The van der Waals surface area contributed by atoms with Crippen molar-refractivity contribution in [2.24, 2.45) is 0 Å². The second-order valence-corrected chi connectivity index (χ2v) is 7.04. The predicted molar refractivity (Wildman–Crippen MR) is 99.9 cm³/mol. The molecule has 0 aliphatic heterocycles. The Bertz CT molecular complexity index is 596. The quantitative estimate of drug-likeness (QED) is 0.714. The minimum atomic E-state index is -0.110. The molecule has 0 saturated heterocycles. The first-order valence-electron chi connectivity index (χ1n) is 8.53. The van der Waals surface area contributed by atoms with Crippen LogP contribution in [0.2, 0.25) is 0 Å². The van der Waals surface area contributed by atoms with E-state index in [0.29, 0.717) is 18.7 Å². The van der Waals surface area contributed by atoms with Crippen LogP contribution in [0.25, 0.3) is 0 Å². The highest BCUT2D eigenvalue weighted by molar-refractivity contribution is 9.10. The number of amides is 2. The summed E-state index contributed by atoms with van der Waals surface area (Å²) >= 11 is 3.35. The van der Waals surface area contributed by atoms with E-state index >= 15 is 0 Å². The largest absolute Gasteiger partial charge is 0.350 e. The molecule has 0 heterocycles. The van der Waals surface area contributed by atoms with Crippen molar-refractivity contribution in [3.05, 3.63) is 46.0 Å². The number of rotatable bonds is 7. The van der Waals surface area contributed by atoms with Gasteiger partial charge in [-0.2, -0.15) is 0 Å².